The zero-order chi connectivity index (χ0) is 46.2. The minimum atomic E-state index is -2.86. The number of hydrogen-bond acceptors (Lipinski definition) is 12. The third-order valence-electron chi connectivity index (χ3n) is 14.5. The van der Waals surface area contributed by atoms with E-state index in [1.807, 2.05) is 24.3 Å². The number of halogens is 2. The molecule has 10 rings (SSSR count). The summed E-state index contributed by atoms with van der Waals surface area (Å²) in [4.78, 5) is 64.7. The van der Waals surface area contributed by atoms with Crippen LogP contribution in [0.15, 0.2) is 58.2 Å². The number of aryl methyl sites for hydroxylation is 1. The van der Waals surface area contributed by atoms with Gasteiger partial charge in [0.05, 0.1) is 35.0 Å². The average molecular weight is 924 g/mol. The van der Waals surface area contributed by atoms with Crippen LogP contribution in [0, 0.1) is 11.8 Å². The molecule has 4 aromatic heterocycles. The number of hydrogen-bond donors (Lipinski definition) is 3. The van der Waals surface area contributed by atoms with Gasteiger partial charge in [-0.2, -0.15) is 5.10 Å². The first-order valence-corrected chi connectivity index (χ1v) is 24.0. The van der Waals surface area contributed by atoms with Crippen molar-refractivity contribution in [2.75, 3.05) is 49.9 Å². The molecule has 19 heteroatoms. The summed E-state index contributed by atoms with van der Waals surface area (Å²) in [6.07, 6.45) is 12.3. The number of nitrogens with one attached hydrogen (secondary N) is 3. The number of alkyl halides is 2. The number of carbonyl (C=O) groups is 3. The first-order valence-electron chi connectivity index (χ1n) is 24.0. The number of ether oxygens (including phenoxy) is 1. The Labute approximate surface area is 386 Å². The van der Waals surface area contributed by atoms with Crippen LogP contribution in [0.5, 0.6) is 0 Å². The summed E-state index contributed by atoms with van der Waals surface area (Å²) in [7, 11) is 1.75. The average Bonchev–Trinajstić information content (AvgIpc) is 3.73. The number of nitrogens with zero attached hydrogens (tertiary/aromatic N) is 8. The predicted octanol–water partition coefficient (Wildman–Crippen LogP) is 6.45. The van der Waals surface area contributed by atoms with E-state index < -0.39 is 30.0 Å². The number of pyridine rings is 1. The molecule has 356 valence electrons. The van der Waals surface area contributed by atoms with Gasteiger partial charge in [-0.1, -0.05) is 12.1 Å². The fourth-order valence-electron chi connectivity index (χ4n) is 10.6. The third-order valence-corrected chi connectivity index (χ3v) is 14.5. The second kappa shape index (κ2) is 19.4. The summed E-state index contributed by atoms with van der Waals surface area (Å²) in [6.45, 7) is 6.29. The molecular formula is C48H59F2N11O6. The predicted molar refractivity (Wildman–Crippen MR) is 245 cm³/mol. The maximum atomic E-state index is 14.2. The molecule has 3 saturated heterocycles. The van der Waals surface area contributed by atoms with Gasteiger partial charge in [-0.3, -0.25) is 38.4 Å². The zero-order valence-corrected chi connectivity index (χ0v) is 37.9. The van der Waals surface area contributed by atoms with Crippen molar-refractivity contribution in [2.24, 2.45) is 18.9 Å². The van der Waals surface area contributed by atoms with E-state index in [1.165, 1.54) is 25.3 Å². The van der Waals surface area contributed by atoms with Crippen molar-refractivity contribution < 1.29 is 32.3 Å². The van der Waals surface area contributed by atoms with E-state index in [4.69, 9.17) is 9.15 Å². The van der Waals surface area contributed by atoms with Gasteiger partial charge in [-0.15, -0.1) is 0 Å². The van der Waals surface area contributed by atoms with Crippen molar-refractivity contribution in [1.82, 2.24) is 44.0 Å². The van der Waals surface area contributed by atoms with Gasteiger partial charge in [-0.05, 0) is 106 Å². The molecule has 1 aromatic carbocycles. The monoisotopic (exact) mass is 923 g/mol. The van der Waals surface area contributed by atoms with Crippen LogP contribution in [0.1, 0.15) is 117 Å². The maximum absolute atomic E-state index is 14.2. The van der Waals surface area contributed by atoms with Crippen LogP contribution in [0.4, 0.5) is 20.3 Å². The number of imidazole rings is 1. The summed E-state index contributed by atoms with van der Waals surface area (Å²) < 4.78 is 45.5. The Hall–Kier alpha value is -5.79. The van der Waals surface area contributed by atoms with Gasteiger partial charge in [0.15, 0.2) is 11.4 Å². The molecule has 7 heterocycles. The lowest BCUT2D eigenvalue weighted by molar-refractivity contribution is -0.135. The van der Waals surface area contributed by atoms with Crippen molar-refractivity contribution in [3.63, 3.8) is 0 Å². The van der Waals surface area contributed by atoms with E-state index in [1.54, 1.807) is 33.1 Å². The van der Waals surface area contributed by atoms with Gasteiger partial charge in [0.2, 0.25) is 17.7 Å². The SMILES string of the molecule is Cn1c(=O)n(C2CCC(=O)NC2=O)c2cccc(CN3CCC(OC4CCN(CC5CCC(n6cc(NC(=O)c7coc(-c8ccnc(NCC9CC9)c8)n7)c(C(F)F)n6)CC5)CC4)CC3)c21. The van der Waals surface area contributed by atoms with E-state index in [2.05, 4.69) is 40.8 Å². The molecule has 0 spiro atoms. The summed E-state index contributed by atoms with van der Waals surface area (Å²) in [6, 6.07) is 8.66. The number of carbonyl (C=O) groups excluding carboxylic acids is 3. The van der Waals surface area contributed by atoms with Crippen molar-refractivity contribution in [3.05, 3.63) is 76.4 Å². The van der Waals surface area contributed by atoms with Crippen LogP contribution < -0.4 is 21.6 Å². The highest BCUT2D eigenvalue weighted by atomic mass is 19.3. The molecule has 0 bridgehead atoms. The number of imide groups is 1. The molecule has 1 atom stereocenters. The maximum Gasteiger partial charge on any atom is 0.329 e. The third kappa shape index (κ3) is 10.1. The van der Waals surface area contributed by atoms with Gasteiger partial charge in [-0.25, -0.2) is 23.5 Å². The van der Waals surface area contributed by atoms with E-state index in [0.29, 0.717) is 41.7 Å². The molecule has 3 aliphatic heterocycles. The molecule has 2 saturated carbocycles. The Morgan fingerprint density at radius 2 is 1.66 bits per heavy atom. The minimum Gasteiger partial charge on any atom is -0.444 e. The molecular weight excluding hydrogens is 865 g/mol. The van der Waals surface area contributed by atoms with E-state index in [9.17, 15) is 28.0 Å². The molecule has 3 N–H and O–H groups in total. The molecule has 5 aliphatic rings. The Morgan fingerprint density at radius 1 is 0.925 bits per heavy atom. The van der Waals surface area contributed by atoms with Gasteiger partial charge in [0, 0.05) is 77.2 Å². The highest BCUT2D eigenvalue weighted by molar-refractivity contribution is 6.03. The normalized spacial score (nSPS) is 22.7. The van der Waals surface area contributed by atoms with Gasteiger partial charge >= 0.3 is 5.69 Å². The summed E-state index contributed by atoms with van der Waals surface area (Å²) in [5.41, 5.74) is 2.45. The highest BCUT2D eigenvalue weighted by Crippen LogP contribution is 2.36. The fourth-order valence-corrected chi connectivity index (χ4v) is 10.6. The Balaban J connectivity index is 0.658. The van der Waals surface area contributed by atoms with Gasteiger partial charge in [0.25, 0.3) is 12.3 Å². The van der Waals surface area contributed by atoms with Crippen LogP contribution in [0.25, 0.3) is 22.5 Å². The van der Waals surface area contributed by atoms with Crippen LogP contribution >= 0.6 is 0 Å². The van der Waals surface area contributed by atoms with Crippen molar-refractivity contribution in [1.29, 1.82) is 0 Å². The van der Waals surface area contributed by atoms with E-state index in [0.717, 1.165) is 102 Å². The van der Waals surface area contributed by atoms with Crippen molar-refractivity contribution >= 4 is 40.3 Å². The molecule has 67 heavy (non-hydrogen) atoms. The first kappa shape index (κ1) is 45.0. The summed E-state index contributed by atoms with van der Waals surface area (Å²) in [5, 5.41) is 12.6. The number of likely N-dealkylation sites (tertiary alicyclic amines) is 2. The lowest BCUT2D eigenvalue weighted by Gasteiger charge is -2.39. The molecule has 2 aliphatic carbocycles. The number of rotatable bonds is 15. The molecule has 5 fully saturated rings. The first-order chi connectivity index (χ1) is 32.5. The minimum absolute atomic E-state index is 0.0228. The summed E-state index contributed by atoms with van der Waals surface area (Å²) in [5.74, 6) is 0.719. The number of amides is 3. The Morgan fingerprint density at radius 3 is 2.37 bits per heavy atom. The Kier molecular flexibility index (Phi) is 13.1. The Bertz CT molecular complexity index is 2650. The van der Waals surface area contributed by atoms with Crippen LogP contribution in [-0.2, 0) is 27.9 Å². The largest absolute Gasteiger partial charge is 0.444 e. The molecule has 1 unspecified atom stereocenters. The van der Waals surface area contributed by atoms with Gasteiger partial charge < -0.3 is 24.7 Å². The number of piperidine rings is 3. The molecule has 0 radical (unpaired) electrons. The lowest BCUT2D eigenvalue weighted by atomic mass is 9.85. The molecule has 5 aromatic rings. The fraction of sp³-hybridized carbons (Fsp3) is 0.562. The number of oxazole rings is 1. The second-order valence-corrected chi connectivity index (χ2v) is 19.2. The number of aromatic nitrogens is 6. The van der Waals surface area contributed by atoms with Crippen LogP contribution in [-0.4, -0.2) is 108 Å². The highest BCUT2D eigenvalue weighted by Gasteiger charge is 2.34. The molecule has 3 amide bonds. The summed E-state index contributed by atoms with van der Waals surface area (Å²) >= 11 is 0. The number of benzene rings is 1. The van der Waals surface area contributed by atoms with Gasteiger partial charge in [0.1, 0.15) is 18.1 Å². The number of anilines is 2. The lowest BCUT2D eigenvalue weighted by Crippen LogP contribution is -2.44. The second-order valence-electron chi connectivity index (χ2n) is 19.2. The number of para-hydroxylation sites is 1. The molecule has 17 nitrogen and oxygen atoms in total. The van der Waals surface area contributed by atoms with E-state index in [-0.39, 0.29) is 53.5 Å². The standard InChI is InChI=1S/C48H59F2N11O6/c1-57-43-32(3-2-4-38(43)61(48(57)65)39-11-12-41(62)55-46(39)64)26-59-21-16-35(17-22-59)67-34-14-19-58(20-15-34)25-30-7-9-33(10-8-30)60-27-36(42(56-60)44(49)50)53-45(63)37-28-66-47(54-37)31-13-18-51-40(23-31)52-24-29-5-6-29/h2-4,13,18,23,27-30,33-35,39,44H,5-12,14-17,19-22,24-26H2,1H3,(H,51,52)(H,53,63)(H,55,62,64). The number of fused-ring (bicyclic) bond motifs is 1. The zero-order valence-electron chi connectivity index (χ0n) is 37.9. The smallest absolute Gasteiger partial charge is 0.329 e. The van der Waals surface area contributed by atoms with Crippen molar-refractivity contribution in [2.45, 2.75) is 114 Å². The van der Waals surface area contributed by atoms with Crippen molar-refractivity contribution in [3.8, 4) is 11.5 Å². The quantitative estimate of drug-likeness (QED) is 0.0976. The van der Waals surface area contributed by atoms with Crippen LogP contribution in [0.2, 0.25) is 0 Å². The van der Waals surface area contributed by atoms with Crippen LogP contribution in [0.3, 0.4) is 0 Å². The topological polar surface area (TPSA) is 187 Å². The van der Waals surface area contributed by atoms with E-state index >= 15 is 0 Å².